The Bertz CT molecular complexity index is 705. The van der Waals surface area contributed by atoms with Crippen molar-refractivity contribution in [2.24, 2.45) is 0 Å². The van der Waals surface area contributed by atoms with Gasteiger partial charge in [0.15, 0.2) is 0 Å². The van der Waals surface area contributed by atoms with E-state index in [-0.39, 0.29) is 17.0 Å². The predicted octanol–water partition coefficient (Wildman–Crippen LogP) is 5.62. The van der Waals surface area contributed by atoms with Crippen molar-refractivity contribution in [3.8, 4) is 17.0 Å². The van der Waals surface area contributed by atoms with Gasteiger partial charge in [-0.2, -0.15) is 0 Å². The number of halogens is 2. The maximum atomic E-state index is 14.1. The average molecular weight is 320 g/mol. The largest absolute Gasteiger partial charge is 0.507 e. The summed E-state index contributed by atoms with van der Waals surface area (Å²) in [4.78, 5) is 4.51. The van der Waals surface area contributed by atoms with Crippen LogP contribution in [0.3, 0.4) is 0 Å². The number of hydrogen-bond acceptors (Lipinski definition) is 2. The van der Waals surface area contributed by atoms with Crippen LogP contribution in [0.15, 0.2) is 30.3 Å². The van der Waals surface area contributed by atoms with Gasteiger partial charge in [0.05, 0.1) is 16.3 Å². The number of pyridine rings is 1. The highest BCUT2D eigenvalue weighted by molar-refractivity contribution is 6.33. The maximum absolute atomic E-state index is 14.1. The van der Waals surface area contributed by atoms with E-state index < -0.39 is 5.82 Å². The average Bonchev–Trinajstić information content (AvgIpc) is 2.48. The Balaban J connectivity index is 2.68. The number of allylic oxidation sites excluding steroid dienone is 2. The zero-order valence-corrected chi connectivity index (χ0v) is 13.7. The number of benzene rings is 1. The molecule has 0 aliphatic rings. The minimum Gasteiger partial charge on any atom is -0.507 e. The first-order valence-corrected chi connectivity index (χ1v) is 7.71. The van der Waals surface area contributed by atoms with E-state index >= 15 is 0 Å². The van der Waals surface area contributed by atoms with Gasteiger partial charge in [0.2, 0.25) is 0 Å². The standard InChI is InChI=1S/C18H19ClFNO/c1-4-7-11(3)12-10-13(19)18(21-15(12)5-2)17-14(20)8-6-9-16(17)22/h6-10,22H,4-5H2,1-3H3/b11-7+. The molecule has 22 heavy (non-hydrogen) atoms. The molecule has 2 aromatic rings. The molecular weight excluding hydrogens is 301 g/mol. The predicted molar refractivity (Wildman–Crippen MR) is 89.6 cm³/mol. The van der Waals surface area contributed by atoms with E-state index in [2.05, 4.69) is 18.0 Å². The van der Waals surface area contributed by atoms with Crippen LogP contribution in [0, 0.1) is 5.82 Å². The molecule has 1 aromatic heterocycles. The number of nitrogens with zero attached hydrogens (tertiary/aromatic N) is 1. The molecule has 4 heteroatoms. The third kappa shape index (κ3) is 3.14. The summed E-state index contributed by atoms with van der Waals surface area (Å²) in [5.74, 6) is -0.699. The minimum absolute atomic E-state index is 0.0471. The number of rotatable bonds is 4. The van der Waals surface area contributed by atoms with E-state index in [1.54, 1.807) is 6.07 Å². The minimum atomic E-state index is -0.537. The Labute approximate surface area is 135 Å². The molecule has 116 valence electrons. The first kappa shape index (κ1) is 16.5. The number of phenolic OH excluding ortho intramolecular Hbond substituents is 1. The zero-order valence-electron chi connectivity index (χ0n) is 13.0. The lowest BCUT2D eigenvalue weighted by atomic mass is 10.0. The van der Waals surface area contributed by atoms with E-state index in [1.165, 1.54) is 18.2 Å². The molecule has 0 saturated carbocycles. The summed E-state index contributed by atoms with van der Waals surface area (Å²) >= 11 is 6.31. The summed E-state index contributed by atoms with van der Waals surface area (Å²) in [5.41, 5.74) is 3.23. The molecule has 0 radical (unpaired) electrons. The van der Waals surface area contributed by atoms with Gasteiger partial charge in [-0.05, 0) is 43.5 Å². The van der Waals surface area contributed by atoms with E-state index in [9.17, 15) is 9.50 Å². The highest BCUT2D eigenvalue weighted by Gasteiger charge is 2.18. The van der Waals surface area contributed by atoms with Crippen molar-refractivity contribution in [1.82, 2.24) is 4.98 Å². The topological polar surface area (TPSA) is 33.1 Å². The highest BCUT2D eigenvalue weighted by Crippen LogP contribution is 2.37. The molecule has 0 atom stereocenters. The van der Waals surface area contributed by atoms with Crippen molar-refractivity contribution < 1.29 is 9.50 Å². The SMILES string of the molecule is CC/C=C(\C)c1cc(Cl)c(-c2c(O)cccc2F)nc1CC. The lowest BCUT2D eigenvalue weighted by molar-refractivity contribution is 0.471. The molecule has 2 nitrogen and oxygen atoms in total. The molecule has 0 unspecified atom stereocenters. The quantitative estimate of drug-likeness (QED) is 0.793. The molecule has 2 rings (SSSR count). The molecule has 0 bridgehead atoms. The fourth-order valence-corrected chi connectivity index (χ4v) is 2.72. The first-order chi connectivity index (χ1) is 10.5. The van der Waals surface area contributed by atoms with Crippen molar-refractivity contribution in [2.45, 2.75) is 33.6 Å². The van der Waals surface area contributed by atoms with Crippen LogP contribution < -0.4 is 0 Å². The second-order valence-corrected chi connectivity index (χ2v) is 5.50. The molecule has 1 aromatic carbocycles. The van der Waals surface area contributed by atoms with E-state index in [0.29, 0.717) is 11.4 Å². The van der Waals surface area contributed by atoms with Crippen LogP contribution in [0.2, 0.25) is 5.02 Å². The van der Waals surface area contributed by atoms with Crippen LogP contribution in [0.5, 0.6) is 5.75 Å². The summed E-state index contributed by atoms with van der Waals surface area (Å²) in [6, 6.07) is 5.97. The van der Waals surface area contributed by atoms with Crippen molar-refractivity contribution >= 4 is 17.2 Å². The Morgan fingerprint density at radius 1 is 1.36 bits per heavy atom. The third-order valence-corrected chi connectivity index (χ3v) is 3.84. The van der Waals surface area contributed by atoms with Gasteiger partial charge in [0.1, 0.15) is 11.6 Å². The normalized spacial score (nSPS) is 11.8. The zero-order chi connectivity index (χ0) is 16.3. The molecule has 0 aliphatic carbocycles. The van der Waals surface area contributed by atoms with Crippen LogP contribution in [-0.2, 0) is 6.42 Å². The second-order valence-electron chi connectivity index (χ2n) is 5.10. The van der Waals surface area contributed by atoms with Crippen molar-refractivity contribution in [2.75, 3.05) is 0 Å². The summed E-state index contributed by atoms with van der Waals surface area (Å²) in [6.45, 7) is 6.07. The lowest BCUT2D eigenvalue weighted by Crippen LogP contribution is -1.99. The van der Waals surface area contributed by atoms with Crippen LogP contribution in [-0.4, -0.2) is 10.1 Å². The van der Waals surface area contributed by atoms with Gasteiger partial charge in [0.25, 0.3) is 0 Å². The molecule has 1 heterocycles. The Morgan fingerprint density at radius 3 is 2.68 bits per heavy atom. The van der Waals surface area contributed by atoms with E-state index in [0.717, 1.165) is 23.3 Å². The maximum Gasteiger partial charge on any atom is 0.136 e. The summed E-state index contributed by atoms with van der Waals surface area (Å²) in [7, 11) is 0. The molecule has 0 saturated heterocycles. The van der Waals surface area contributed by atoms with Crippen LogP contribution in [0.4, 0.5) is 4.39 Å². The van der Waals surface area contributed by atoms with Crippen LogP contribution >= 0.6 is 11.6 Å². The monoisotopic (exact) mass is 319 g/mol. The second kappa shape index (κ2) is 6.93. The molecule has 0 spiro atoms. The Hall–Kier alpha value is -1.87. The number of phenols is 1. The number of aromatic hydroxyl groups is 1. The smallest absolute Gasteiger partial charge is 0.136 e. The van der Waals surface area contributed by atoms with Crippen LogP contribution in [0.1, 0.15) is 38.4 Å². The van der Waals surface area contributed by atoms with Gasteiger partial charge in [0, 0.05) is 11.3 Å². The van der Waals surface area contributed by atoms with Gasteiger partial charge < -0.3 is 5.11 Å². The van der Waals surface area contributed by atoms with Gasteiger partial charge in [-0.15, -0.1) is 0 Å². The number of aryl methyl sites for hydroxylation is 1. The Morgan fingerprint density at radius 2 is 2.09 bits per heavy atom. The molecule has 1 N–H and O–H groups in total. The number of hydrogen-bond donors (Lipinski definition) is 1. The fourth-order valence-electron chi connectivity index (χ4n) is 2.48. The van der Waals surface area contributed by atoms with E-state index in [1.807, 2.05) is 13.8 Å². The van der Waals surface area contributed by atoms with E-state index in [4.69, 9.17) is 11.6 Å². The molecule has 0 amide bonds. The third-order valence-electron chi connectivity index (χ3n) is 3.55. The van der Waals surface area contributed by atoms with Gasteiger partial charge in [-0.3, -0.25) is 4.98 Å². The van der Waals surface area contributed by atoms with Gasteiger partial charge in [-0.1, -0.05) is 37.6 Å². The van der Waals surface area contributed by atoms with Crippen LogP contribution in [0.25, 0.3) is 16.8 Å². The summed E-state index contributed by atoms with van der Waals surface area (Å²) < 4.78 is 14.1. The van der Waals surface area contributed by atoms with Crippen molar-refractivity contribution in [3.05, 3.63) is 52.4 Å². The summed E-state index contributed by atoms with van der Waals surface area (Å²) in [6.07, 6.45) is 3.72. The lowest BCUT2D eigenvalue weighted by Gasteiger charge is -2.13. The fraction of sp³-hybridized carbons (Fsp3) is 0.278. The van der Waals surface area contributed by atoms with Gasteiger partial charge in [-0.25, -0.2) is 4.39 Å². The molecule has 0 aliphatic heterocycles. The number of aromatic nitrogens is 1. The molecule has 0 fully saturated rings. The van der Waals surface area contributed by atoms with Gasteiger partial charge >= 0.3 is 0 Å². The van der Waals surface area contributed by atoms with Crippen molar-refractivity contribution in [1.29, 1.82) is 0 Å². The molecular formula is C18H19ClFNO. The Kier molecular flexibility index (Phi) is 5.19. The highest BCUT2D eigenvalue weighted by atomic mass is 35.5. The first-order valence-electron chi connectivity index (χ1n) is 7.33. The summed E-state index contributed by atoms with van der Waals surface area (Å²) in [5, 5.41) is 10.3. The van der Waals surface area contributed by atoms with Crippen molar-refractivity contribution in [3.63, 3.8) is 0 Å².